The number of aliphatic hydroxyl groups is 2. The van der Waals surface area contributed by atoms with Gasteiger partial charge in [-0.15, -0.1) is 0 Å². The molecule has 0 aliphatic carbocycles. The number of rotatable bonds is 28. The van der Waals surface area contributed by atoms with Gasteiger partial charge < -0.3 is 73.2 Å². The first kappa shape index (κ1) is 62.3. The van der Waals surface area contributed by atoms with Gasteiger partial charge in [-0.25, -0.2) is 0 Å². The van der Waals surface area contributed by atoms with Crippen LogP contribution >= 0.6 is 0 Å². The molecule has 82 heavy (non-hydrogen) atoms. The van der Waals surface area contributed by atoms with E-state index in [0.717, 1.165) is 0 Å². The van der Waals surface area contributed by atoms with Crippen LogP contribution in [0.1, 0.15) is 114 Å². The lowest BCUT2D eigenvalue weighted by Gasteiger charge is -2.33. The number of anilines is 2. The highest BCUT2D eigenvalue weighted by Gasteiger charge is 2.50. The van der Waals surface area contributed by atoms with E-state index in [2.05, 4.69) is 53.2 Å². The molecule has 12 N–H and O–H groups in total. The molecule has 3 aromatic rings. The molecule has 4 fully saturated rings. The van der Waals surface area contributed by atoms with Gasteiger partial charge in [0.2, 0.25) is 47.3 Å². The van der Waals surface area contributed by atoms with Gasteiger partial charge in [-0.05, 0) is 116 Å². The molecular weight excluding hydrogens is 1060 g/mol. The van der Waals surface area contributed by atoms with Crippen LogP contribution in [0.15, 0.2) is 70.3 Å². The number of carbonyl (C=O) groups excluding carboxylic acids is 8. The monoisotopic (exact) mass is 1140 g/mol. The van der Waals surface area contributed by atoms with E-state index in [0.29, 0.717) is 101 Å². The second kappa shape index (κ2) is 29.6. The van der Waals surface area contributed by atoms with Crippen LogP contribution in [0.3, 0.4) is 0 Å². The molecule has 4 aliphatic heterocycles. The number of benzene rings is 2. The molecule has 446 valence electrons. The van der Waals surface area contributed by atoms with Crippen molar-refractivity contribution < 1.29 is 48.6 Å². The van der Waals surface area contributed by atoms with Crippen LogP contribution in [0, 0.1) is 11.8 Å². The summed E-state index contributed by atoms with van der Waals surface area (Å²) in [5.74, 6) is -4.69. The summed E-state index contributed by atoms with van der Waals surface area (Å²) >= 11 is 0. The van der Waals surface area contributed by atoms with E-state index in [1.165, 1.54) is 9.80 Å². The van der Waals surface area contributed by atoms with Gasteiger partial charge in [0.05, 0.1) is 12.1 Å². The SMILES string of the molecule is CN[C@@H](C)C(=O)N[C@@H]1C(=O)N2[C@@H](CC[C@@H]1CO)CC[C@H]2C(=O)N[C@H](C(=O)NCCCCNc1c(NCCCCNC(=O)[C@@H](NC(=O)[C@@H]2CC[C@@H]3CC[C@H](CO)[C@H](NC(=O)[C@H](C)NC)C(=O)N32)c2ccccc2)c(=O)c1=O)c1ccccc1. The third-order valence-electron chi connectivity index (χ3n) is 16.7. The van der Waals surface area contributed by atoms with Crippen LogP contribution < -0.4 is 64.0 Å². The predicted octanol–water partition coefficient (Wildman–Crippen LogP) is -0.677. The normalized spacial score (nSPS) is 23.9. The van der Waals surface area contributed by atoms with E-state index in [1.54, 1.807) is 88.6 Å². The second-order valence-corrected chi connectivity index (χ2v) is 22.0. The number of nitrogens with one attached hydrogen (secondary N) is 10. The number of amides is 8. The van der Waals surface area contributed by atoms with Gasteiger partial charge in [-0.3, -0.25) is 47.9 Å². The van der Waals surface area contributed by atoms with Crippen molar-refractivity contribution in [3.05, 3.63) is 92.2 Å². The van der Waals surface area contributed by atoms with Gasteiger partial charge in [0, 0.05) is 63.3 Å². The Balaban J connectivity index is 0.852. The number of unbranched alkanes of at least 4 members (excludes halogenated alkanes) is 2. The van der Waals surface area contributed by atoms with Crippen molar-refractivity contribution in [1.29, 1.82) is 0 Å². The van der Waals surface area contributed by atoms with E-state index in [9.17, 15) is 58.2 Å². The van der Waals surface area contributed by atoms with Crippen LogP contribution in [0.5, 0.6) is 0 Å². The van der Waals surface area contributed by atoms with E-state index >= 15 is 0 Å². The number of likely N-dealkylation sites (N-methyl/N-ethyl adjacent to an activating group) is 2. The molecule has 7 rings (SSSR count). The topological polar surface area (TPSA) is 338 Å². The van der Waals surface area contributed by atoms with Crippen molar-refractivity contribution in [1.82, 2.24) is 52.3 Å². The first-order valence-corrected chi connectivity index (χ1v) is 28.9. The summed E-state index contributed by atoms with van der Waals surface area (Å²) in [5, 5.41) is 49.3. The van der Waals surface area contributed by atoms with E-state index in [4.69, 9.17) is 0 Å². The Bertz CT molecular complexity index is 2590. The van der Waals surface area contributed by atoms with Crippen molar-refractivity contribution >= 4 is 58.6 Å². The fourth-order valence-corrected chi connectivity index (χ4v) is 11.6. The zero-order valence-corrected chi connectivity index (χ0v) is 47.3. The Labute approximate surface area is 477 Å². The minimum absolute atomic E-state index is 0.160. The number of aliphatic hydroxyl groups excluding tert-OH is 2. The summed E-state index contributed by atoms with van der Waals surface area (Å²) in [5.41, 5.74) is 0.0795. The van der Waals surface area contributed by atoms with Crippen molar-refractivity contribution in [3.63, 3.8) is 0 Å². The zero-order chi connectivity index (χ0) is 59.0. The van der Waals surface area contributed by atoms with Crippen LogP contribution in [0.2, 0.25) is 0 Å². The highest BCUT2D eigenvalue weighted by atomic mass is 16.3. The second-order valence-electron chi connectivity index (χ2n) is 22.0. The van der Waals surface area contributed by atoms with Gasteiger partial charge >= 0.3 is 0 Å². The third kappa shape index (κ3) is 14.8. The molecule has 0 radical (unpaired) electrons. The van der Waals surface area contributed by atoms with Gasteiger partial charge in [-0.2, -0.15) is 0 Å². The number of hydrogen-bond donors (Lipinski definition) is 12. The Morgan fingerprint density at radius 1 is 0.500 bits per heavy atom. The Kier molecular flexibility index (Phi) is 22.5. The number of nitrogens with zero attached hydrogens (tertiary/aromatic N) is 2. The van der Waals surface area contributed by atoms with Crippen molar-refractivity contribution in [3.8, 4) is 0 Å². The molecule has 4 saturated heterocycles. The molecule has 0 saturated carbocycles. The van der Waals surface area contributed by atoms with Gasteiger partial charge in [-0.1, -0.05) is 60.7 Å². The molecule has 8 amide bonds. The summed E-state index contributed by atoms with van der Waals surface area (Å²) in [7, 11) is 3.25. The number of carbonyl (C=O) groups is 8. The van der Waals surface area contributed by atoms with E-state index in [1.807, 2.05) is 0 Å². The molecule has 0 spiro atoms. The summed E-state index contributed by atoms with van der Waals surface area (Å²) in [6, 6.07) is 9.73. The first-order chi connectivity index (χ1) is 39.5. The minimum atomic E-state index is -1.09. The molecule has 12 atom stereocenters. The maximum atomic E-state index is 14.1. The smallest absolute Gasteiger partial charge is 0.253 e. The van der Waals surface area contributed by atoms with Crippen LogP contribution in [-0.2, 0) is 38.4 Å². The minimum Gasteiger partial charge on any atom is -0.396 e. The fraction of sp³-hybridized carbons (Fsp3) is 0.586. The predicted molar refractivity (Wildman–Crippen MR) is 305 cm³/mol. The molecule has 0 bridgehead atoms. The molecule has 24 heteroatoms. The van der Waals surface area contributed by atoms with Crippen LogP contribution in [0.4, 0.5) is 11.4 Å². The molecule has 4 heterocycles. The molecule has 0 unspecified atom stereocenters. The largest absolute Gasteiger partial charge is 0.396 e. The standard InChI is InChI=1S/C58H82N12O12/c1-33(59-3)51(75)67-45-37(31-71)19-21-39-23-25-41(69(39)57(45)81)53(77)65-43(35-15-7-5-8-16-35)55(79)63-29-13-11-27-61-47-48(50(74)49(47)73)62-28-12-14-30-64-56(80)44(36-17-9-6-10-18-36)66-54(78)42-26-24-40-22-20-38(32-72)46(58(82)70(40)42)68-52(76)34(2)60-4/h5-10,15-18,33-34,37-46,59-62,71-72H,11-14,19-32H2,1-4H3,(H,63,79)(H,64,80)(H,65,77)(H,66,78)(H,67,75)(H,68,76)/t33-,34-,37+,38+,39-,40-,41-,42-,43-,44-,45-,46-/m0/s1. The molecule has 0 aromatic heterocycles. The van der Waals surface area contributed by atoms with E-state index in [-0.39, 0.29) is 49.8 Å². The molecule has 4 aliphatic rings. The maximum absolute atomic E-state index is 14.1. The maximum Gasteiger partial charge on any atom is 0.253 e. The average Bonchev–Trinajstić information content (AvgIpc) is 4.16. The number of fused-ring (bicyclic) bond motifs is 2. The van der Waals surface area contributed by atoms with Crippen LogP contribution in [0.25, 0.3) is 0 Å². The quantitative estimate of drug-likeness (QED) is 0.0317. The Hall–Kier alpha value is -7.28. The Morgan fingerprint density at radius 2 is 0.854 bits per heavy atom. The molecule has 3 aromatic carbocycles. The summed E-state index contributed by atoms with van der Waals surface area (Å²) in [6.07, 6.45) is 5.85. The molecular formula is C58H82N12O12. The third-order valence-corrected chi connectivity index (χ3v) is 16.7. The number of hydrogen-bond acceptors (Lipinski definition) is 16. The summed E-state index contributed by atoms with van der Waals surface area (Å²) in [6.45, 7) is 3.76. The highest BCUT2D eigenvalue weighted by Crippen LogP contribution is 2.36. The van der Waals surface area contributed by atoms with Crippen LogP contribution in [-0.4, -0.2) is 169 Å². The molecule has 24 nitrogen and oxygen atoms in total. The van der Waals surface area contributed by atoms with Crippen molar-refractivity contribution in [2.45, 2.75) is 151 Å². The lowest BCUT2D eigenvalue weighted by atomic mass is 9.94. The average molecular weight is 1140 g/mol. The first-order valence-electron chi connectivity index (χ1n) is 28.9. The highest BCUT2D eigenvalue weighted by molar-refractivity contribution is 5.97. The zero-order valence-electron chi connectivity index (χ0n) is 47.3. The lowest BCUT2D eigenvalue weighted by Crippen LogP contribution is -2.58. The van der Waals surface area contributed by atoms with Gasteiger partial charge in [0.25, 0.3) is 10.9 Å². The Morgan fingerprint density at radius 3 is 1.21 bits per heavy atom. The van der Waals surface area contributed by atoms with E-state index < -0.39 is 118 Å². The van der Waals surface area contributed by atoms with Gasteiger partial charge in [0.15, 0.2) is 0 Å². The van der Waals surface area contributed by atoms with Crippen molar-refractivity contribution in [2.75, 3.05) is 64.1 Å². The summed E-state index contributed by atoms with van der Waals surface area (Å²) in [4.78, 5) is 138. The van der Waals surface area contributed by atoms with Crippen molar-refractivity contribution in [2.24, 2.45) is 11.8 Å². The fourth-order valence-electron chi connectivity index (χ4n) is 11.6. The van der Waals surface area contributed by atoms with Gasteiger partial charge in [0.1, 0.15) is 47.6 Å². The lowest BCUT2D eigenvalue weighted by molar-refractivity contribution is -0.144. The summed E-state index contributed by atoms with van der Waals surface area (Å²) < 4.78 is 0.